The maximum Gasteiger partial charge on any atom is 0.311 e. The molecule has 37 heavy (non-hydrogen) atoms. The highest BCUT2D eigenvalue weighted by molar-refractivity contribution is 7.89. The van der Waals surface area contributed by atoms with Crippen LogP contribution >= 0.6 is 0 Å². The van der Waals surface area contributed by atoms with Gasteiger partial charge in [-0.2, -0.15) is 0 Å². The third-order valence-corrected chi connectivity index (χ3v) is 7.52. The van der Waals surface area contributed by atoms with Crippen molar-refractivity contribution in [2.45, 2.75) is 17.9 Å². The Labute approximate surface area is 207 Å². The molecule has 2 aliphatic heterocycles. The monoisotopic (exact) mass is 540 g/mol. The predicted molar refractivity (Wildman–Crippen MR) is 118 cm³/mol. The van der Waals surface area contributed by atoms with Crippen molar-refractivity contribution in [3.05, 3.63) is 53.3 Å². The number of carbonyl (C=O) groups excluding carboxylic acids is 2. The number of amides is 2. The molecule has 2 atom stereocenters. The molecule has 1 aromatic carbocycles. The van der Waals surface area contributed by atoms with Crippen LogP contribution in [-0.4, -0.2) is 65.6 Å². The fraction of sp³-hybridized carbons (Fsp3) is 0.333. The van der Waals surface area contributed by atoms with Gasteiger partial charge in [-0.1, -0.05) is 0 Å². The van der Waals surface area contributed by atoms with Crippen molar-refractivity contribution < 1.29 is 40.3 Å². The van der Waals surface area contributed by atoms with Gasteiger partial charge in [0.1, 0.15) is 4.90 Å². The summed E-state index contributed by atoms with van der Waals surface area (Å²) < 4.78 is 81.5. The summed E-state index contributed by atoms with van der Waals surface area (Å²) in [7, 11) is -2.84. The highest BCUT2D eigenvalue weighted by Crippen LogP contribution is 2.35. The van der Waals surface area contributed by atoms with Gasteiger partial charge in [0.05, 0.1) is 6.61 Å². The standard InChI is InChI=1S/C21H19F3N6O6S/c1-9-26-27-20(36-9)21(32)30-5-10-8-35-18-15(37(33,34)28-14(10)6-30)7-29(2)17(18)19(31)25-11-3-12(22)16(24)13(23)4-11/h3-4,7,10,14,28H,5-6,8H2,1-2H3,(H,25,31). The smallest absolute Gasteiger partial charge is 0.311 e. The van der Waals surface area contributed by atoms with E-state index < -0.39 is 51.2 Å². The van der Waals surface area contributed by atoms with Gasteiger partial charge in [-0.05, 0) is 0 Å². The highest BCUT2D eigenvalue weighted by Gasteiger charge is 2.43. The molecule has 2 aromatic heterocycles. The lowest BCUT2D eigenvalue weighted by Crippen LogP contribution is -2.43. The van der Waals surface area contributed by atoms with Crippen LogP contribution in [-0.2, 0) is 17.1 Å². The van der Waals surface area contributed by atoms with Crippen LogP contribution < -0.4 is 14.8 Å². The summed E-state index contributed by atoms with van der Waals surface area (Å²) in [5.41, 5.74) is -0.638. The highest BCUT2D eigenvalue weighted by atomic mass is 32.2. The predicted octanol–water partition coefficient (Wildman–Crippen LogP) is 1.20. The van der Waals surface area contributed by atoms with E-state index in [1.54, 1.807) is 0 Å². The van der Waals surface area contributed by atoms with Crippen LogP contribution in [0.15, 0.2) is 27.6 Å². The molecular formula is C21H19F3N6O6S. The molecule has 2 N–H and O–H groups in total. The van der Waals surface area contributed by atoms with Crippen molar-refractivity contribution in [2.24, 2.45) is 13.0 Å². The Morgan fingerprint density at radius 1 is 1.16 bits per heavy atom. The third kappa shape index (κ3) is 4.42. The minimum absolute atomic E-state index is 0.0186. The summed E-state index contributed by atoms with van der Waals surface area (Å²) in [6.45, 7) is 1.57. The van der Waals surface area contributed by atoms with Crippen LogP contribution in [0.5, 0.6) is 5.75 Å². The number of fused-ring (bicyclic) bond motifs is 2. The zero-order valence-electron chi connectivity index (χ0n) is 19.3. The van der Waals surface area contributed by atoms with Crippen LogP contribution in [0.2, 0.25) is 0 Å². The van der Waals surface area contributed by atoms with Gasteiger partial charge in [0.2, 0.25) is 15.9 Å². The molecule has 1 saturated heterocycles. The lowest BCUT2D eigenvalue weighted by Gasteiger charge is -2.23. The summed E-state index contributed by atoms with van der Waals surface area (Å²) in [6.07, 6.45) is 1.15. The second-order valence-electron chi connectivity index (χ2n) is 8.63. The van der Waals surface area contributed by atoms with E-state index in [1.807, 2.05) is 0 Å². The number of ether oxygens (including phenoxy) is 1. The molecule has 4 heterocycles. The molecule has 0 spiro atoms. The lowest BCUT2D eigenvalue weighted by atomic mass is 10.1. The minimum atomic E-state index is -4.23. The number of likely N-dealkylation sites (tertiary alicyclic amines) is 1. The van der Waals surface area contributed by atoms with Crippen molar-refractivity contribution >= 4 is 27.5 Å². The van der Waals surface area contributed by atoms with Crippen LogP contribution in [0.1, 0.15) is 27.1 Å². The number of hydrogen-bond donors (Lipinski definition) is 2. The molecule has 16 heteroatoms. The van der Waals surface area contributed by atoms with E-state index in [1.165, 1.54) is 23.4 Å². The van der Waals surface area contributed by atoms with Crippen molar-refractivity contribution in [3.63, 3.8) is 0 Å². The van der Waals surface area contributed by atoms with Crippen molar-refractivity contribution in [1.29, 1.82) is 0 Å². The first-order valence-corrected chi connectivity index (χ1v) is 12.3. The summed E-state index contributed by atoms with van der Waals surface area (Å²) >= 11 is 0. The molecule has 0 aliphatic carbocycles. The van der Waals surface area contributed by atoms with Crippen LogP contribution in [0.4, 0.5) is 18.9 Å². The summed E-state index contributed by atoms with van der Waals surface area (Å²) in [5.74, 6) is -7.04. The van der Waals surface area contributed by atoms with E-state index in [-0.39, 0.29) is 53.5 Å². The molecular weight excluding hydrogens is 521 g/mol. The quantitative estimate of drug-likeness (QED) is 0.471. The molecule has 5 rings (SSSR count). The number of anilines is 1. The lowest BCUT2D eigenvalue weighted by molar-refractivity contribution is 0.0741. The Morgan fingerprint density at radius 2 is 1.86 bits per heavy atom. The number of nitrogens with zero attached hydrogens (tertiary/aromatic N) is 4. The minimum Gasteiger partial charge on any atom is -0.489 e. The molecule has 12 nitrogen and oxygen atoms in total. The SMILES string of the molecule is Cc1nnc(C(=O)N2CC3COc4c(cn(C)c4C(=O)Nc4cc(F)c(F)c(F)c4)S(=O)(=O)NC3C2)o1. The first-order chi connectivity index (χ1) is 17.4. The summed E-state index contributed by atoms with van der Waals surface area (Å²) in [4.78, 5) is 26.7. The number of hydrogen-bond acceptors (Lipinski definition) is 8. The number of sulfonamides is 1. The molecule has 2 amide bonds. The number of benzene rings is 1. The second kappa shape index (κ2) is 8.88. The van der Waals surface area contributed by atoms with Crippen molar-refractivity contribution in [1.82, 2.24) is 24.4 Å². The van der Waals surface area contributed by atoms with Crippen LogP contribution in [0.25, 0.3) is 0 Å². The Balaban J connectivity index is 1.41. The second-order valence-corrected chi connectivity index (χ2v) is 10.3. The number of aryl methyl sites for hydroxylation is 2. The van der Waals surface area contributed by atoms with Gasteiger partial charge in [0.15, 0.2) is 28.9 Å². The van der Waals surface area contributed by atoms with Gasteiger partial charge < -0.3 is 23.9 Å². The van der Waals surface area contributed by atoms with E-state index in [2.05, 4.69) is 20.2 Å². The average Bonchev–Trinajstić information content (AvgIpc) is 3.51. The van der Waals surface area contributed by atoms with Gasteiger partial charge in [-0.3, -0.25) is 9.59 Å². The van der Waals surface area contributed by atoms with Crippen molar-refractivity contribution in [2.75, 3.05) is 25.0 Å². The fourth-order valence-corrected chi connectivity index (χ4v) is 5.79. The van der Waals surface area contributed by atoms with Gasteiger partial charge in [0.25, 0.3) is 5.91 Å². The number of nitrogens with one attached hydrogen (secondary N) is 2. The number of aromatic nitrogens is 3. The Hall–Kier alpha value is -3.92. The molecule has 0 saturated carbocycles. The fourth-order valence-electron chi connectivity index (χ4n) is 4.30. The third-order valence-electron chi connectivity index (χ3n) is 6.03. The summed E-state index contributed by atoms with van der Waals surface area (Å²) in [6, 6.07) is 0.470. The van der Waals surface area contributed by atoms with Gasteiger partial charge >= 0.3 is 11.8 Å². The average molecular weight is 540 g/mol. The first-order valence-electron chi connectivity index (χ1n) is 10.8. The largest absolute Gasteiger partial charge is 0.489 e. The molecule has 196 valence electrons. The zero-order chi connectivity index (χ0) is 26.6. The van der Waals surface area contributed by atoms with Gasteiger partial charge in [0, 0.05) is 63.0 Å². The van der Waals surface area contributed by atoms with E-state index in [0.717, 1.165) is 6.20 Å². The van der Waals surface area contributed by atoms with Gasteiger partial charge in [-0.15, -0.1) is 10.2 Å². The maximum absolute atomic E-state index is 13.6. The number of rotatable bonds is 3. The normalized spacial score (nSPS) is 20.4. The Morgan fingerprint density at radius 3 is 2.51 bits per heavy atom. The molecule has 0 radical (unpaired) electrons. The van der Waals surface area contributed by atoms with Crippen molar-refractivity contribution in [3.8, 4) is 5.75 Å². The molecule has 2 aliphatic rings. The van der Waals surface area contributed by atoms with E-state index in [4.69, 9.17) is 9.15 Å². The topological polar surface area (TPSA) is 149 Å². The molecule has 0 bridgehead atoms. The number of halogens is 3. The number of carbonyl (C=O) groups is 2. The van der Waals surface area contributed by atoms with E-state index in [0.29, 0.717) is 12.1 Å². The van der Waals surface area contributed by atoms with Crippen LogP contribution in [0.3, 0.4) is 0 Å². The maximum atomic E-state index is 13.6. The van der Waals surface area contributed by atoms with Gasteiger partial charge in [-0.25, -0.2) is 26.3 Å². The molecule has 2 unspecified atom stereocenters. The first kappa shape index (κ1) is 24.8. The molecule has 1 fully saturated rings. The van der Waals surface area contributed by atoms with E-state index >= 15 is 0 Å². The Kier molecular flexibility index (Phi) is 5.94. The Bertz CT molecular complexity index is 1510. The van der Waals surface area contributed by atoms with Crippen LogP contribution in [0, 0.1) is 30.3 Å². The van der Waals surface area contributed by atoms with E-state index in [9.17, 15) is 31.2 Å². The molecule has 3 aromatic rings. The summed E-state index contributed by atoms with van der Waals surface area (Å²) in [5, 5.41) is 9.53. The zero-order valence-corrected chi connectivity index (χ0v) is 20.1.